The van der Waals surface area contributed by atoms with E-state index in [1.165, 1.54) is 16.9 Å². The molecule has 1 nitrogen and oxygen atoms in total. The van der Waals surface area contributed by atoms with Gasteiger partial charge in [0.25, 0.3) is 0 Å². The van der Waals surface area contributed by atoms with E-state index in [9.17, 15) is 0 Å². The van der Waals surface area contributed by atoms with Crippen LogP contribution in [0.15, 0.2) is 76.7 Å². The molecule has 22 heavy (non-hydrogen) atoms. The number of aryl methyl sites for hydroxylation is 1. The summed E-state index contributed by atoms with van der Waals surface area (Å²) in [5, 5.41) is 1.07. The summed E-state index contributed by atoms with van der Waals surface area (Å²) in [5.74, 6) is 0. The summed E-state index contributed by atoms with van der Waals surface area (Å²) in [7, 11) is 0. The van der Waals surface area contributed by atoms with E-state index in [1.807, 2.05) is 6.07 Å². The van der Waals surface area contributed by atoms with Crippen molar-refractivity contribution in [1.82, 2.24) is 0 Å². The van der Waals surface area contributed by atoms with Crippen LogP contribution in [0.5, 0.6) is 0 Å². The summed E-state index contributed by atoms with van der Waals surface area (Å²) < 4.78 is 6.15. The third kappa shape index (κ3) is 4.67. The third-order valence-corrected chi connectivity index (χ3v) is 4.85. The zero-order valence-corrected chi connectivity index (χ0v) is 13.6. The van der Waals surface area contributed by atoms with E-state index in [4.69, 9.17) is 4.74 Å². The molecule has 0 aliphatic carbocycles. The number of allylic oxidation sites excluding steroid dienone is 1. The summed E-state index contributed by atoms with van der Waals surface area (Å²) in [6.45, 7) is 0. The number of thioether (sulfide) groups is 1. The van der Waals surface area contributed by atoms with Gasteiger partial charge in [0.2, 0.25) is 0 Å². The molecule has 0 spiro atoms. The van der Waals surface area contributed by atoms with E-state index < -0.39 is 0 Å². The fraction of sp³-hybridized carbons (Fsp3) is 0.300. The predicted octanol–water partition coefficient (Wildman–Crippen LogP) is 5.82. The van der Waals surface area contributed by atoms with Crippen LogP contribution in [0.1, 0.15) is 31.2 Å². The van der Waals surface area contributed by atoms with Gasteiger partial charge in [-0.1, -0.05) is 60.3 Å². The molecule has 0 saturated heterocycles. The summed E-state index contributed by atoms with van der Waals surface area (Å²) in [6.07, 6.45) is 8.36. The topological polar surface area (TPSA) is 9.23 Å². The lowest BCUT2D eigenvalue weighted by Crippen LogP contribution is -2.15. The minimum atomic E-state index is 0.375. The first-order valence-corrected chi connectivity index (χ1v) is 8.85. The first kappa shape index (κ1) is 15.2. The molecule has 2 aromatic rings. The lowest BCUT2D eigenvalue weighted by molar-refractivity contribution is 0.105. The molecule has 0 aromatic heterocycles. The largest absolute Gasteiger partial charge is 0.484 e. The fourth-order valence-electron chi connectivity index (χ4n) is 2.71. The highest BCUT2D eigenvalue weighted by molar-refractivity contribution is 8.02. The van der Waals surface area contributed by atoms with Gasteiger partial charge in [0.1, 0.15) is 0 Å². The van der Waals surface area contributed by atoms with Crippen LogP contribution in [0.2, 0.25) is 0 Å². The minimum Gasteiger partial charge on any atom is -0.484 e. The Labute approximate surface area is 137 Å². The van der Waals surface area contributed by atoms with Gasteiger partial charge in [0, 0.05) is 4.90 Å². The van der Waals surface area contributed by atoms with Gasteiger partial charge in [-0.3, -0.25) is 0 Å². The molecule has 0 saturated carbocycles. The van der Waals surface area contributed by atoms with Gasteiger partial charge >= 0.3 is 0 Å². The zero-order valence-electron chi connectivity index (χ0n) is 12.8. The van der Waals surface area contributed by atoms with E-state index in [0.29, 0.717) is 6.10 Å². The number of ether oxygens (including phenoxy) is 1. The Balaban J connectivity index is 1.45. The molecule has 1 unspecified atom stereocenters. The van der Waals surface area contributed by atoms with Crippen LogP contribution < -0.4 is 0 Å². The monoisotopic (exact) mass is 310 g/mol. The Bertz CT molecular complexity index is 592. The van der Waals surface area contributed by atoms with Crippen molar-refractivity contribution in [2.45, 2.75) is 43.1 Å². The van der Waals surface area contributed by atoms with Crippen molar-refractivity contribution in [1.29, 1.82) is 0 Å². The number of benzene rings is 2. The van der Waals surface area contributed by atoms with Crippen LogP contribution >= 0.6 is 11.8 Å². The molecule has 1 aliphatic heterocycles. The highest BCUT2D eigenvalue weighted by Crippen LogP contribution is 2.33. The molecular weight excluding hydrogens is 288 g/mol. The minimum absolute atomic E-state index is 0.375. The Hall–Kier alpha value is -1.67. The molecule has 0 radical (unpaired) electrons. The highest BCUT2D eigenvalue weighted by Gasteiger charge is 2.16. The van der Waals surface area contributed by atoms with E-state index in [0.717, 1.165) is 30.8 Å². The highest BCUT2D eigenvalue weighted by atomic mass is 32.2. The van der Waals surface area contributed by atoms with Gasteiger partial charge in [-0.05, 0) is 55.9 Å². The second-order valence-corrected chi connectivity index (χ2v) is 6.71. The Morgan fingerprint density at radius 3 is 2.45 bits per heavy atom. The van der Waals surface area contributed by atoms with E-state index in [2.05, 4.69) is 60.7 Å². The van der Waals surface area contributed by atoms with Crippen LogP contribution in [0.4, 0.5) is 0 Å². The van der Waals surface area contributed by atoms with Crippen LogP contribution in [0.3, 0.4) is 0 Å². The van der Waals surface area contributed by atoms with Gasteiger partial charge < -0.3 is 4.74 Å². The second kappa shape index (κ2) is 8.09. The maximum atomic E-state index is 6.15. The zero-order chi connectivity index (χ0) is 15.0. The second-order valence-electron chi connectivity index (χ2n) is 5.63. The van der Waals surface area contributed by atoms with E-state index >= 15 is 0 Å². The van der Waals surface area contributed by atoms with Crippen molar-refractivity contribution < 1.29 is 4.74 Å². The Morgan fingerprint density at radius 1 is 0.955 bits per heavy atom. The van der Waals surface area contributed by atoms with E-state index in [-0.39, 0.29) is 0 Å². The first-order valence-electron chi connectivity index (χ1n) is 8.04. The van der Waals surface area contributed by atoms with Crippen molar-refractivity contribution in [2.24, 2.45) is 0 Å². The van der Waals surface area contributed by atoms with Crippen molar-refractivity contribution in [3.8, 4) is 0 Å². The Kier molecular flexibility index (Phi) is 5.60. The maximum Gasteiger partial charge on any atom is 0.154 e. The summed E-state index contributed by atoms with van der Waals surface area (Å²) in [4.78, 5) is 1.25. The van der Waals surface area contributed by atoms with Crippen molar-refractivity contribution >= 4 is 11.8 Å². The third-order valence-electron chi connectivity index (χ3n) is 3.88. The smallest absolute Gasteiger partial charge is 0.154 e. The standard InChI is InChI=1S/C20H22OS/c1-3-9-17(10-4-1)11-7-12-18-13-8-16-20(21-18)22-19-14-5-2-6-15-19/h1-6,9-10,14-16,18H,7-8,11-13H2. The quantitative estimate of drug-likeness (QED) is 0.664. The molecule has 2 heteroatoms. The molecule has 2 aromatic carbocycles. The first-order chi connectivity index (χ1) is 10.9. The fourth-order valence-corrected chi connectivity index (χ4v) is 3.62. The molecule has 0 N–H and O–H groups in total. The molecule has 1 heterocycles. The van der Waals surface area contributed by atoms with Crippen LogP contribution in [-0.2, 0) is 11.2 Å². The van der Waals surface area contributed by atoms with Crippen molar-refractivity contribution in [2.75, 3.05) is 0 Å². The van der Waals surface area contributed by atoms with Gasteiger partial charge in [0.05, 0.1) is 6.10 Å². The lowest BCUT2D eigenvalue weighted by Gasteiger charge is -2.24. The number of hydrogen-bond donors (Lipinski definition) is 0. The van der Waals surface area contributed by atoms with Crippen LogP contribution in [-0.4, -0.2) is 6.10 Å². The summed E-state index contributed by atoms with van der Waals surface area (Å²) >= 11 is 1.74. The Morgan fingerprint density at radius 2 is 1.68 bits per heavy atom. The lowest BCUT2D eigenvalue weighted by atomic mass is 10.0. The molecule has 0 bridgehead atoms. The van der Waals surface area contributed by atoms with Crippen molar-refractivity contribution in [3.05, 3.63) is 77.4 Å². The molecule has 114 valence electrons. The SMILES string of the molecule is C1=C(Sc2ccccc2)OC(CCCc2ccccc2)CC1. The molecular formula is C20H22OS. The molecule has 1 aliphatic rings. The van der Waals surface area contributed by atoms with Gasteiger partial charge in [-0.2, -0.15) is 0 Å². The average Bonchev–Trinajstić information content (AvgIpc) is 2.57. The molecule has 0 amide bonds. The number of rotatable bonds is 6. The van der Waals surface area contributed by atoms with Crippen molar-refractivity contribution in [3.63, 3.8) is 0 Å². The van der Waals surface area contributed by atoms with Gasteiger partial charge in [0.15, 0.2) is 5.09 Å². The molecule has 0 fully saturated rings. The average molecular weight is 310 g/mol. The summed E-state index contributed by atoms with van der Waals surface area (Å²) in [5.41, 5.74) is 1.42. The van der Waals surface area contributed by atoms with Gasteiger partial charge in [-0.15, -0.1) is 0 Å². The van der Waals surface area contributed by atoms with Crippen LogP contribution in [0, 0.1) is 0 Å². The molecule has 1 atom stereocenters. The maximum absolute atomic E-state index is 6.15. The molecule has 3 rings (SSSR count). The predicted molar refractivity (Wildman–Crippen MR) is 93.9 cm³/mol. The summed E-state index contributed by atoms with van der Waals surface area (Å²) in [6, 6.07) is 21.2. The number of hydrogen-bond acceptors (Lipinski definition) is 2. The van der Waals surface area contributed by atoms with Gasteiger partial charge in [-0.25, -0.2) is 0 Å². The van der Waals surface area contributed by atoms with E-state index in [1.54, 1.807) is 11.8 Å². The normalized spacial score (nSPS) is 17.6. The van der Waals surface area contributed by atoms with Crippen LogP contribution in [0.25, 0.3) is 0 Å².